The molecule has 0 saturated carbocycles. The lowest BCUT2D eigenvalue weighted by Crippen LogP contribution is -2.33. The average molecular weight is 261 g/mol. The van der Waals surface area contributed by atoms with Crippen LogP contribution in [0.4, 0.5) is 0 Å². The Morgan fingerprint density at radius 1 is 1.26 bits per heavy atom. The third-order valence-electron chi connectivity index (χ3n) is 4.20. The normalized spacial score (nSPS) is 20.3. The van der Waals surface area contributed by atoms with Gasteiger partial charge in [0, 0.05) is 12.6 Å². The standard InChI is InChI=1S/C17H27NO/c1-13(2)14(3)18-11-12-19-17-10-6-8-15-7-4-5-9-16(15)17/h4-5,7,9,13-14,17-18H,6,8,10-12H2,1-3H3. The molecule has 2 nitrogen and oxygen atoms in total. The van der Waals surface area contributed by atoms with Crippen molar-refractivity contribution in [2.24, 2.45) is 5.92 Å². The molecule has 0 bridgehead atoms. The topological polar surface area (TPSA) is 21.3 Å². The van der Waals surface area contributed by atoms with Crippen molar-refractivity contribution >= 4 is 0 Å². The van der Waals surface area contributed by atoms with E-state index in [0.29, 0.717) is 18.1 Å². The van der Waals surface area contributed by atoms with Gasteiger partial charge in [0.2, 0.25) is 0 Å². The maximum absolute atomic E-state index is 6.08. The van der Waals surface area contributed by atoms with E-state index in [-0.39, 0.29) is 0 Å². The largest absolute Gasteiger partial charge is 0.372 e. The van der Waals surface area contributed by atoms with Crippen LogP contribution < -0.4 is 5.32 Å². The molecule has 1 aromatic rings. The summed E-state index contributed by atoms with van der Waals surface area (Å²) in [5.74, 6) is 0.676. The van der Waals surface area contributed by atoms with E-state index < -0.39 is 0 Å². The summed E-state index contributed by atoms with van der Waals surface area (Å²) in [5.41, 5.74) is 2.88. The maximum atomic E-state index is 6.08. The summed E-state index contributed by atoms with van der Waals surface area (Å²) < 4.78 is 6.08. The molecule has 0 saturated heterocycles. The van der Waals surface area contributed by atoms with E-state index in [1.165, 1.54) is 24.0 Å². The minimum absolute atomic E-state index is 0.307. The van der Waals surface area contributed by atoms with Gasteiger partial charge in [0.15, 0.2) is 0 Å². The third kappa shape index (κ3) is 4.05. The van der Waals surface area contributed by atoms with Crippen molar-refractivity contribution in [1.29, 1.82) is 0 Å². The second-order valence-corrected chi connectivity index (χ2v) is 5.94. The Morgan fingerprint density at radius 2 is 2.05 bits per heavy atom. The van der Waals surface area contributed by atoms with Gasteiger partial charge in [0.05, 0.1) is 12.7 Å². The molecule has 0 spiro atoms. The van der Waals surface area contributed by atoms with Gasteiger partial charge in [-0.15, -0.1) is 0 Å². The first-order chi connectivity index (χ1) is 9.18. The molecule has 1 N–H and O–H groups in total. The molecule has 2 atom stereocenters. The average Bonchev–Trinajstić information content (AvgIpc) is 2.43. The second-order valence-electron chi connectivity index (χ2n) is 5.94. The Bertz CT molecular complexity index is 389. The zero-order chi connectivity index (χ0) is 13.7. The van der Waals surface area contributed by atoms with E-state index in [2.05, 4.69) is 50.4 Å². The number of nitrogens with one attached hydrogen (secondary N) is 1. The van der Waals surface area contributed by atoms with Crippen LogP contribution in [0, 0.1) is 5.92 Å². The molecule has 0 heterocycles. The summed E-state index contributed by atoms with van der Waals surface area (Å²) in [6.07, 6.45) is 3.92. The lowest BCUT2D eigenvalue weighted by molar-refractivity contribution is 0.0412. The summed E-state index contributed by atoms with van der Waals surface area (Å²) >= 11 is 0. The third-order valence-corrected chi connectivity index (χ3v) is 4.20. The molecular formula is C17H27NO. The van der Waals surface area contributed by atoms with Crippen molar-refractivity contribution in [1.82, 2.24) is 5.32 Å². The predicted octanol–water partition coefficient (Wildman–Crippen LogP) is 3.71. The van der Waals surface area contributed by atoms with E-state index in [4.69, 9.17) is 4.74 Å². The SMILES string of the molecule is CC(C)C(C)NCCOC1CCCc2ccccc21. The summed E-state index contributed by atoms with van der Waals surface area (Å²) in [6, 6.07) is 9.28. The lowest BCUT2D eigenvalue weighted by Gasteiger charge is -2.26. The molecule has 2 rings (SSSR count). The summed E-state index contributed by atoms with van der Waals surface area (Å²) in [7, 11) is 0. The first-order valence-electron chi connectivity index (χ1n) is 7.61. The van der Waals surface area contributed by atoms with Crippen molar-refractivity contribution < 1.29 is 4.74 Å². The first-order valence-corrected chi connectivity index (χ1v) is 7.61. The smallest absolute Gasteiger partial charge is 0.0828 e. The number of aryl methyl sites for hydroxylation is 1. The van der Waals surface area contributed by atoms with Crippen molar-refractivity contribution in [3.05, 3.63) is 35.4 Å². The van der Waals surface area contributed by atoms with Gasteiger partial charge in [-0.25, -0.2) is 0 Å². The quantitative estimate of drug-likeness (QED) is 0.788. The highest BCUT2D eigenvalue weighted by molar-refractivity contribution is 5.31. The highest BCUT2D eigenvalue weighted by atomic mass is 16.5. The van der Waals surface area contributed by atoms with Gasteiger partial charge >= 0.3 is 0 Å². The maximum Gasteiger partial charge on any atom is 0.0828 e. The highest BCUT2D eigenvalue weighted by Crippen LogP contribution is 2.31. The Morgan fingerprint density at radius 3 is 2.84 bits per heavy atom. The minimum atomic E-state index is 0.307. The fraction of sp³-hybridized carbons (Fsp3) is 0.647. The van der Waals surface area contributed by atoms with Crippen LogP contribution in [0.15, 0.2) is 24.3 Å². The van der Waals surface area contributed by atoms with Crippen LogP contribution in [0.3, 0.4) is 0 Å². The fourth-order valence-electron chi connectivity index (χ4n) is 2.61. The molecule has 1 aromatic carbocycles. The van der Waals surface area contributed by atoms with Crippen molar-refractivity contribution in [2.45, 2.75) is 52.2 Å². The number of ether oxygens (including phenoxy) is 1. The molecule has 0 radical (unpaired) electrons. The van der Waals surface area contributed by atoms with Crippen molar-refractivity contribution in [2.75, 3.05) is 13.2 Å². The van der Waals surface area contributed by atoms with Crippen LogP contribution in [0.2, 0.25) is 0 Å². The van der Waals surface area contributed by atoms with Crippen LogP contribution in [0.5, 0.6) is 0 Å². The summed E-state index contributed by atoms with van der Waals surface area (Å²) in [4.78, 5) is 0. The van der Waals surface area contributed by atoms with Gasteiger partial charge in [0.1, 0.15) is 0 Å². The monoisotopic (exact) mass is 261 g/mol. The Labute approximate surface area is 117 Å². The highest BCUT2D eigenvalue weighted by Gasteiger charge is 2.19. The molecule has 2 heteroatoms. The Balaban J connectivity index is 1.78. The number of hydrogen-bond acceptors (Lipinski definition) is 2. The number of rotatable bonds is 6. The number of benzene rings is 1. The van der Waals surface area contributed by atoms with Gasteiger partial charge in [-0.05, 0) is 43.2 Å². The molecule has 0 aliphatic heterocycles. The fourth-order valence-corrected chi connectivity index (χ4v) is 2.61. The van der Waals surface area contributed by atoms with E-state index in [1.807, 2.05) is 0 Å². The van der Waals surface area contributed by atoms with Crippen molar-refractivity contribution in [3.63, 3.8) is 0 Å². The lowest BCUT2D eigenvalue weighted by atomic mass is 9.89. The Kier molecular flexibility index (Phi) is 5.41. The summed E-state index contributed by atoms with van der Waals surface area (Å²) in [5, 5.41) is 3.52. The van der Waals surface area contributed by atoms with E-state index in [0.717, 1.165) is 19.6 Å². The van der Waals surface area contributed by atoms with E-state index >= 15 is 0 Å². The Hall–Kier alpha value is -0.860. The van der Waals surface area contributed by atoms with Crippen LogP contribution in [-0.4, -0.2) is 19.2 Å². The molecule has 1 aliphatic rings. The first kappa shape index (κ1) is 14.5. The molecular weight excluding hydrogens is 234 g/mol. The van der Waals surface area contributed by atoms with E-state index in [1.54, 1.807) is 0 Å². The van der Waals surface area contributed by atoms with E-state index in [9.17, 15) is 0 Å². The van der Waals surface area contributed by atoms with Crippen LogP contribution in [0.25, 0.3) is 0 Å². The second kappa shape index (κ2) is 7.06. The predicted molar refractivity (Wildman–Crippen MR) is 80.4 cm³/mol. The van der Waals surface area contributed by atoms with Gasteiger partial charge < -0.3 is 10.1 Å². The summed E-state index contributed by atoms with van der Waals surface area (Å²) in [6.45, 7) is 8.47. The number of hydrogen-bond donors (Lipinski definition) is 1. The van der Waals surface area contributed by atoms with Crippen molar-refractivity contribution in [3.8, 4) is 0 Å². The molecule has 0 fully saturated rings. The number of fused-ring (bicyclic) bond motifs is 1. The van der Waals surface area contributed by atoms with Gasteiger partial charge in [-0.2, -0.15) is 0 Å². The molecule has 0 aromatic heterocycles. The van der Waals surface area contributed by atoms with Crippen LogP contribution in [0.1, 0.15) is 50.8 Å². The molecule has 1 aliphatic carbocycles. The zero-order valence-electron chi connectivity index (χ0n) is 12.5. The van der Waals surface area contributed by atoms with Gasteiger partial charge in [0.25, 0.3) is 0 Å². The van der Waals surface area contributed by atoms with Gasteiger partial charge in [-0.1, -0.05) is 38.1 Å². The minimum Gasteiger partial charge on any atom is -0.372 e. The van der Waals surface area contributed by atoms with Crippen LogP contribution in [-0.2, 0) is 11.2 Å². The van der Waals surface area contributed by atoms with Crippen LogP contribution >= 0.6 is 0 Å². The molecule has 2 unspecified atom stereocenters. The van der Waals surface area contributed by atoms with Gasteiger partial charge in [-0.3, -0.25) is 0 Å². The zero-order valence-corrected chi connectivity index (χ0v) is 12.5. The molecule has 106 valence electrons. The molecule has 19 heavy (non-hydrogen) atoms. The molecule has 0 amide bonds.